The monoisotopic (exact) mass is 240 g/mol. The second-order valence-corrected chi connectivity index (χ2v) is 4.96. The summed E-state index contributed by atoms with van der Waals surface area (Å²) >= 11 is 0. The topological polar surface area (TPSA) is 12.9 Å². The number of aromatic nitrogens is 1. The van der Waals surface area contributed by atoms with Gasteiger partial charge in [-0.15, -0.1) is 0 Å². The van der Waals surface area contributed by atoms with Crippen LogP contribution in [0, 0.1) is 6.07 Å². The van der Waals surface area contributed by atoms with Gasteiger partial charge in [0.05, 0.1) is 5.52 Å². The standard InChI is InChI=1S/C17H22N/c1-2-3-4-5-6-7-9-15-11-12-16-10-8-13-18-17(16)14-15/h8,11-14H,2-7,9H2,1H3. The van der Waals surface area contributed by atoms with Crippen LogP contribution in [0.4, 0.5) is 0 Å². The van der Waals surface area contributed by atoms with Crippen molar-refractivity contribution in [2.75, 3.05) is 0 Å². The molecule has 1 heterocycles. The summed E-state index contributed by atoms with van der Waals surface area (Å²) in [7, 11) is 0. The van der Waals surface area contributed by atoms with E-state index >= 15 is 0 Å². The SMILES string of the molecule is CCCCCCCCc1ccc2[c]ccnc2c1. The molecule has 18 heavy (non-hydrogen) atoms. The summed E-state index contributed by atoms with van der Waals surface area (Å²) in [4.78, 5) is 4.38. The molecule has 0 spiro atoms. The molecule has 0 fully saturated rings. The maximum atomic E-state index is 4.38. The molecular formula is C17H22N. The van der Waals surface area contributed by atoms with Gasteiger partial charge in [-0.25, -0.2) is 0 Å². The van der Waals surface area contributed by atoms with E-state index in [9.17, 15) is 0 Å². The van der Waals surface area contributed by atoms with Crippen LogP contribution in [-0.4, -0.2) is 4.98 Å². The number of pyridine rings is 1. The highest BCUT2D eigenvalue weighted by Gasteiger charge is 1.98. The fourth-order valence-electron chi connectivity index (χ4n) is 2.32. The summed E-state index contributed by atoms with van der Waals surface area (Å²) in [6.45, 7) is 2.26. The van der Waals surface area contributed by atoms with Gasteiger partial charge in [0.25, 0.3) is 0 Å². The first-order chi connectivity index (χ1) is 8.90. The molecule has 1 aromatic heterocycles. The Hall–Kier alpha value is -1.37. The Kier molecular flexibility index (Phi) is 5.19. The third kappa shape index (κ3) is 3.83. The molecule has 1 heteroatoms. The zero-order valence-corrected chi connectivity index (χ0v) is 11.3. The van der Waals surface area contributed by atoms with Crippen LogP contribution < -0.4 is 0 Å². The van der Waals surface area contributed by atoms with Crippen LogP contribution in [0.15, 0.2) is 30.5 Å². The van der Waals surface area contributed by atoms with E-state index in [4.69, 9.17) is 0 Å². The summed E-state index contributed by atoms with van der Waals surface area (Å²) in [6, 6.07) is 11.6. The first-order valence-electron chi connectivity index (χ1n) is 7.15. The van der Waals surface area contributed by atoms with Gasteiger partial charge in [0.1, 0.15) is 0 Å². The Bertz CT molecular complexity index is 476. The summed E-state index contributed by atoms with van der Waals surface area (Å²) in [6.07, 6.45) is 11.1. The zero-order chi connectivity index (χ0) is 12.6. The molecule has 1 aromatic carbocycles. The number of unbranched alkanes of at least 4 members (excludes halogenated alkanes) is 5. The molecular weight excluding hydrogens is 218 g/mol. The highest BCUT2D eigenvalue weighted by molar-refractivity contribution is 5.78. The average molecular weight is 240 g/mol. The van der Waals surface area contributed by atoms with E-state index in [2.05, 4.69) is 36.2 Å². The lowest BCUT2D eigenvalue weighted by Crippen LogP contribution is -1.87. The van der Waals surface area contributed by atoms with Crippen molar-refractivity contribution in [3.05, 3.63) is 42.1 Å². The maximum Gasteiger partial charge on any atom is 0.0710 e. The lowest BCUT2D eigenvalue weighted by molar-refractivity contribution is 0.607. The maximum absolute atomic E-state index is 4.38. The second kappa shape index (κ2) is 7.15. The van der Waals surface area contributed by atoms with Crippen LogP contribution in [0.1, 0.15) is 51.0 Å². The van der Waals surface area contributed by atoms with Gasteiger partial charge in [-0.05, 0) is 36.6 Å². The van der Waals surface area contributed by atoms with Gasteiger partial charge in [-0.3, -0.25) is 4.98 Å². The number of hydrogen-bond donors (Lipinski definition) is 0. The summed E-state index contributed by atoms with van der Waals surface area (Å²) in [5, 5.41) is 1.11. The van der Waals surface area contributed by atoms with Gasteiger partial charge in [-0.1, -0.05) is 51.2 Å². The predicted molar refractivity (Wildman–Crippen MR) is 77.7 cm³/mol. The number of rotatable bonds is 7. The van der Waals surface area contributed by atoms with Gasteiger partial charge in [0.2, 0.25) is 0 Å². The number of aryl methyl sites for hydroxylation is 1. The predicted octanol–water partition coefficient (Wildman–Crippen LogP) is 4.94. The molecule has 0 atom stereocenters. The zero-order valence-electron chi connectivity index (χ0n) is 11.3. The third-order valence-electron chi connectivity index (χ3n) is 3.41. The minimum absolute atomic E-state index is 1.07. The molecule has 0 bridgehead atoms. The van der Waals surface area contributed by atoms with Gasteiger partial charge >= 0.3 is 0 Å². The van der Waals surface area contributed by atoms with Crippen molar-refractivity contribution >= 4 is 10.9 Å². The van der Waals surface area contributed by atoms with E-state index in [1.807, 2.05) is 12.3 Å². The van der Waals surface area contributed by atoms with Crippen molar-refractivity contribution in [2.45, 2.75) is 51.9 Å². The van der Waals surface area contributed by atoms with Crippen molar-refractivity contribution < 1.29 is 0 Å². The fraction of sp³-hybridized carbons (Fsp3) is 0.471. The Balaban J connectivity index is 1.81. The molecule has 0 unspecified atom stereocenters. The fourth-order valence-corrected chi connectivity index (χ4v) is 2.32. The molecule has 0 aliphatic carbocycles. The number of hydrogen-bond acceptors (Lipinski definition) is 1. The molecule has 2 aromatic rings. The smallest absolute Gasteiger partial charge is 0.0710 e. The van der Waals surface area contributed by atoms with Crippen molar-refractivity contribution in [1.29, 1.82) is 0 Å². The van der Waals surface area contributed by atoms with Crippen molar-refractivity contribution in [3.8, 4) is 0 Å². The van der Waals surface area contributed by atoms with Crippen LogP contribution in [0.25, 0.3) is 10.9 Å². The highest BCUT2D eigenvalue weighted by Crippen LogP contribution is 2.15. The molecule has 95 valence electrons. The minimum atomic E-state index is 1.07. The lowest BCUT2D eigenvalue weighted by atomic mass is 10.0. The molecule has 1 radical (unpaired) electrons. The van der Waals surface area contributed by atoms with E-state index in [1.165, 1.54) is 50.5 Å². The molecule has 1 nitrogen and oxygen atoms in total. The number of benzene rings is 1. The summed E-state index contributed by atoms with van der Waals surface area (Å²) < 4.78 is 0. The largest absolute Gasteiger partial charge is 0.256 e. The van der Waals surface area contributed by atoms with Crippen molar-refractivity contribution in [1.82, 2.24) is 4.98 Å². The summed E-state index contributed by atoms with van der Waals surface area (Å²) in [5.41, 5.74) is 2.48. The van der Waals surface area contributed by atoms with Crippen molar-refractivity contribution in [3.63, 3.8) is 0 Å². The molecule has 0 saturated heterocycles. The molecule has 0 aliphatic rings. The van der Waals surface area contributed by atoms with E-state index < -0.39 is 0 Å². The Morgan fingerprint density at radius 1 is 1.06 bits per heavy atom. The van der Waals surface area contributed by atoms with Crippen LogP contribution in [0.3, 0.4) is 0 Å². The first kappa shape index (κ1) is 13.1. The Labute approximate surface area is 110 Å². The Morgan fingerprint density at radius 3 is 2.78 bits per heavy atom. The normalized spacial score (nSPS) is 10.9. The highest BCUT2D eigenvalue weighted by atomic mass is 14.6. The van der Waals surface area contributed by atoms with Gasteiger partial charge in [0.15, 0.2) is 0 Å². The number of fused-ring (bicyclic) bond motifs is 1. The molecule has 0 saturated carbocycles. The molecule has 2 rings (SSSR count). The van der Waals surface area contributed by atoms with E-state index in [0.717, 1.165) is 10.9 Å². The van der Waals surface area contributed by atoms with Gasteiger partial charge < -0.3 is 0 Å². The van der Waals surface area contributed by atoms with Crippen LogP contribution in [0.5, 0.6) is 0 Å². The first-order valence-corrected chi connectivity index (χ1v) is 7.15. The van der Waals surface area contributed by atoms with Gasteiger partial charge in [0, 0.05) is 11.6 Å². The van der Waals surface area contributed by atoms with Crippen LogP contribution in [-0.2, 0) is 6.42 Å². The molecule has 0 N–H and O–H groups in total. The van der Waals surface area contributed by atoms with E-state index in [0.29, 0.717) is 0 Å². The van der Waals surface area contributed by atoms with Crippen LogP contribution in [0.2, 0.25) is 0 Å². The van der Waals surface area contributed by atoms with Crippen molar-refractivity contribution in [2.24, 2.45) is 0 Å². The van der Waals surface area contributed by atoms with Gasteiger partial charge in [-0.2, -0.15) is 0 Å². The second-order valence-electron chi connectivity index (χ2n) is 4.96. The lowest BCUT2D eigenvalue weighted by Gasteiger charge is -2.03. The van der Waals surface area contributed by atoms with E-state index in [-0.39, 0.29) is 0 Å². The summed E-state index contributed by atoms with van der Waals surface area (Å²) in [5.74, 6) is 0. The molecule has 0 amide bonds. The minimum Gasteiger partial charge on any atom is -0.256 e. The number of nitrogens with zero attached hydrogens (tertiary/aromatic N) is 1. The average Bonchev–Trinajstić information content (AvgIpc) is 2.42. The molecule has 0 aliphatic heterocycles. The third-order valence-corrected chi connectivity index (χ3v) is 3.41. The Morgan fingerprint density at radius 2 is 1.89 bits per heavy atom. The van der Waals surface area contributed by atoms with E-state index in [1.54, 1.807) is 0 Å². The van der Waals surface area contributed by atoms with Crippen LogP contribution >= 0.6 is 0 Å². The quantitative estimate of drug-likeness (QED) is 0.625.